The van der Waals surface area contributed by atoms with E-state index in [-0.39, 0.29) is 25.0 Å². The van der Waals surface area contributed by atoms with Gasteiger partial charge in [0.1, 0.15) is 6.61 Å². The zero-order valence-electron chi connectivity index (χ0n) is 25.1. The summed E-state index contributed by atoms with van der Waals surface area (Å²) in [5.74, 6) is -0.814. The van der Waals surface area contributed by atoms with Gasteiger partial charge >= 0.3 is 5.97 Å². The monoisotopic (exact) mass is 546 g/mol. The molecule has 1 aromatic rings. The maximum absolute atomic E-state index is 13.2. The molecular weight excluding hydrogens is 488 g/mol. The van der Waals surface area contributed by atoms with E-state index in [1.807, 2.05) is 30.3 Å². The average molecular weight is 547 g/mol. The Hall–Kier alpha value is -1.43. The zero-order chi connectivity index (χ0) is 28.0. The Morgan fingerprint density at radius 3 is 2.13 bits per heavy atom. The molecule has 2 rings (SSSR count). The first-order valence-electron chi connectivity index (χ1n) is 16.3. The van der Waals surface area contributed by atoms with Gasteiger partial charge in [-0.2, -0.15) is 0 Å². The summed E-state index contributed by atoms with van der Waals surface area (Å²) >= 11 is 0. The van der Waals surface area contributed by atoms with Crippen LogP contribution in [0.15, 0.2) is 30.3 Å². The number of aliphatic hydroxyl groups is 1. The van der Waals surface area contributed by atoms with Crippen molar-refractivity contribution < 1.29 is 24.1 Å². The van der Waals surface area contributed by atoms with Crippen LogP contribution in [0.3, 0.4) is 0 Å². The third kappa shape index (κ3) is 15.8. The lowest BCUT2D eigenvalue weighted by Crippen LogP contribution is -2.36. The van der Waals surface area contributed by atoms with Crippen molar-refractivity contribution in [3.63, 3.8) is 0 Å². The molecule has 0 amide bonds. The largest absolute Gasteiger partial charge is 0.461 e. The van der Waals surface area contributed by atoms with E-state index < -0.39 is 12.0 Å². The molecule has 224 valence electrons. The van der Waals surface area contributed by atoms with Gasteiger partial charge in [0.25, 0.3) is 0 Å². The Balaban J connectivity index is 1.90. The highest BCUT2D eigenvalue weighted by atomic mass is 16.7. The summed E-state index contributed by atoms with van der Waals surface area (Å²) in [5, 5.41) is 11.4. The molecule has 1 unspecified atom stereocenters. The lowest BCUT2D eigenvalue weighted by molar-refractivity contribution is -0.196. The van der Waals surface area contributed by atoms with Crippen LogP contribution < -0.4 is 0 Å². The van der Waals surface area contributed by atoms with E-state index in [0.717, 1.165) is 70.0 Å². The minimum absolute atomic E-state index is 0.104. The van der Waals surface area contributed by atoms with Crippen molar-refractivity contribution in [1.29, 1.82) is 0 Å². The predicted octanol–water partition coefficient (Wildman–Crippen LogP) is 8.90. The normalized spacial score (nSPS) is 18.0. The Morgan fingerprint density at radius 1 is 0.872 bits per heavy atom. The number of aliphatic hydroxyl groups excluding tert-OH is 1. The molecule has 1 saturated heterocycles. The van der Waals surface area contributed by atoms with Crippen LogP contribution in [-0.4, -0.2) is 36.2 Å². The Bertz CT molecular complexity index is 703. The number of hydrogen-bond acceptors (Lipinski definition) is 5. The second-order valence-corrected chi connectivity index (χ2v) is 11.5. The van der Waals surface area contributed by atoms with E-state index in [1.165, 1.54) is 51.4 Å². The summed E-state index contributed by atoms with van der Waals surface area (Å²) in [6.45, 7) is 5.42. The lowest BCUT2D eigenvalue weighted by Gasteiger charge is -2.30. The van der Waals surface area contributed by atoms with Crippen LogP contribution in [0.5, 0.6) is 0 Å². The van der Waals surface area contributed by atoms with Crippen LogP contribution in [0.2, 0.25) is 0 Å². The van der Waals surface area contributed by atoms with Gasteiger partial charge in [0, 0.05) is 13.0 Å². The second-order valence-electron chi connectivity index (χ2n) is 11.5. The van der Waals surface area contributed by atoms with Gasteiger partial charge in [-0.05, 0) is 37.7 Å². The fourth-order valence-corrected chi connectivity index (χ4v) is 5.48. The van der Waals surface area contributed by atoms with E-state index in [9.17, 15) is 9.90 Å². The fourth-order valence-electron chi connectivity index (χ4n) is 5.48. The molecule has 5 heteroatoms. The quantitative estimate of drug-likeness (QED) is 0.110. The second kappa shape index (κ2) is 22.3. The van der Waals surface area contributed by atoms with Crippen LogP contribution in [-0.2, 0) is 25.6 Å². The Kier molecular flexibility index (Phi) is 19.3. The minimum Gasteiger partial charge on any atom is -0.461 e. The highest BCUT2D eigenvalue weighted by molar-refractivity contribution is 5.73. The molecule has 0 saturated carbocycles. The Labute approximate surface area is 239 Å². The Morgan fingerprint density at radius 2 is 1.49 bits per heavy atom. The number of benzene rings is 1. The molecule has 0 aromatic heterocycles. The predicted molar refractivity (Wildman–Crippen MR) is 159 cm³/mol. The highest BCUT2D eigenvalue weighted by Gasteiger charge is 2.31. The topological polar surface area (TPSA) is 65.0 Å². The van der Waals surface area contributed by atoms with E-state index >= 15 is 0 Å². The van der Waals surface area contributed by atoms with Crippen molar-refractivity contribution in [2.75, 3.05) is 6.61 Å². The molecule has 1 fully saturated rings. The maximum Gasteiger partial charge on any atom is 0.311 e. The number of esters is 1. The molecule has 0 aliphatic carbocycles. The SMILES string of the molecule is CCCCCCCCCCC[C@H](C[C@H](O)[C@H](CCCCCC)C(=O)OCc1ccccc1)OC1CCCCO1. The van der Waals surface area contributed by atoms with Crippen molar-refractivity contribution in [2.45, 2.75) is 161 Å². The molecule has 0 bridgehead atoms. The zero-order valence-corrected chi connectivity index (χ0v) is 25.1. The summed E-state index contributed by atoms with van der Waals surface area (Å²) < 4.78 is 18.0. The maximum atomic E-state index is 13.2. The van der Waals surface area contributed by atoms with E-state index in [0.29, 0.717) is 12.8 Å². The number of rotatable bonds is 23. The van der Waals surface area contributed by atoms with Gasteiger partial charge in [0.05, 0.1) is 18.1 Å². The summed E-state index contributed by atoms with van der Waals surface area (Å²) in [4.78, 5) is 13.2. The van der Waals surface area contributed by atoms with Gasteiger partial charge in [-0.25, -0.2) is 0 Å². The summed E-state index contributed by atoms with van der Waals surface area (Å²) in [7, 11) is 0. The molecule has 4 atom stereocenters. The van der Waals surface area contributed by atoms with Crippen LogP contribution in [0.1, 0.15) is 141 Å². The number of unbranched alkanes of at least 4 members (excludes halogenated alkanes) is 11. The molecule has 1 heterocycles. The number of carbonyl (C=O) groups is 1. The number of ether oxygens (including phenoxy) is 3. The molecule has 0 radical (unpaired) electrons. The molecule has 1 aliphatic heterocycles. The van der Waals surface area contributed by atoms with Crippen LogP contribution in [0.4, 0.5) is 0 Å². The van der Waals surface area contributed by atoms with Gasteiger partial charge in [-0.1, -0.05) is 128 Å². The standard InChI is InChI=1S/C34H58O5/c1-3-5-7-9-10-11-12-13-17-23-30(39-33-25-19-20-26-37-33)27-32(35)31(24-18-8-6-4-2)34(36)38-28-29-21-15-14-16-22-29/h14-16,21-22,30-33,35H,3-13,17-20,23-28H2,1-2H3/t30-,31+,32+,33?/m1/s1. The smallest absolute Gasteiger partial charge is 0.311 e. The molecule has 0 spiro atoms. The van der Waals surface area contributed by atoms with E-state index in [4.69, 9.17) is 14.2 Å². The molecule has 5 nitrogen and oxygen atoms in total. The first-order valence-corrected chi connectivity index (χ1v) is 16.3. The third-order valence-corrected chi connectivity index (χ3v) is 7.98. The van der Waals surface area contributed by atoms with Gasteiger partial charge in [0.15, 0.2) is 6.29 Å². The molecule has 1 aromatic carbocycles. The summed E-state index contributed by atoms with van der Waals surface area (Å²) in [6, 6.07) is 9.76. The van der Waals surface area contributed by atoms with Gasteiger partial charge in [-0.15, -0.1) is 0 Å². The highest BCUT2D eigenvalue weighted by Crippen LogP contribution is 2.26. The molecule has 39 heavy (non-hydrogen) atoms. The minimum atomic E-state index is -0.776. The first-order chi connectivity index (χ1) is 19.1. The fraction of sp³-hybridized carbons (Fsp3) is 0.794. The molecular formula is C34H58O5. The molecule has 1 N–H and O–H groups in total. The van der Waals surface area contributed by atoms with E-state index in [2.05, 4.69) is 13.8 Å². The van der Waals surface area contributed by atoms with Crippen LogP contribution in [0, 0.1) is 5.92 Å². The summed E-state index contributed by atoms with van der Waals surface area (Å²) in [6.07, 6.45) is 19.8. The van der Waals surface area contributed by atoms with Crippen molar-refractivity contribution in [3.8, 4) is 0 Å². The van der Waals surface area contributed by atoms with Crippen molar-refractivity contribution in [3.05, 3.63) is 35.9 Å². The van der Waals surface area contributed by atoms with Crippen molar-refractivity contribution in [2.24, 2.45) is 5.92 Å². The van der Waals surface area contributed by atoms with Gasteiger partial charge in [0.2, 0.25) is 0 Å². The van der Waals surface area contributed by atoms with Crippen LogP contribution in [0.25, 0.3) is 0 Å². The average Bonchev–Trinajstić information content (AvgIpc) is 2.96. The van der Waals surface area contributed by atoms with Gasteiger partial charge < -0.3 is 19.3 Å². The van der Waals surface area contributed by atoms with Gasteiger partial charge in [-0.3, -0.25) is 4.79 Å². The van der Waals surface area contributed by atoms with Crippen LogP contribution >= 0.6 is 0 Å². The van der Waals surface area contributed by atoms with Crippen molar-refractivity contribution >= 4 is 5.97 Å². The third-order valence-electron chi connectivity index (χ3n) is 7.98. The summed E-state index contributed by atoms with van der Waals surface area (Å²) in [5.41, 5.74) is 0.964. The van der Waals surface area contributed by atoms with E-state index in [1.54, 1.807) is 0 Å². The number of hydrogen-bond donors (Lipinski definition) is 1. The number of carbonyl (C=O) groups excluding carboxylic acids is 1. The van der Waals surface area contributed by atoms with Crippen molar-refractivity contribution in [1.82, 2.24) is 0 Å². The molecule has 1 aliphatic rings. The lowest BCUT2D eigenvalue weighted by atomic mass is 9.90. The first kappa shape index (κ1) is 33.8.